The number of nitrogens with zero attached hydrogens (tertiary/aromatic N) is 3. The molecule has 24 heavy (non-hydrogen) atoms. The van der Waals surface area contributed by atoms with Crippen molar-refractivity contribution in [3.05, 3.63) is 0 Å². The number of likely N-dealkylation sites (N-methyl/N-ethyl adjacent to an activating group) is 1. The van der Waals surface area contributed by atoms with E-state index in [1.54, 1.807) is 0 Å². The van der Waals surface area contributed by atoms with Gasteiger partial charge in [0.1, 0.15) is 0 Å². The fourth-order valence-electron chi connectivity index (χ4n) is 3.09. The van der Waals surface area contributed by atoms with Crippen molar-refractivity contribution in [2.75, 3.05) is 66.5 Å². The number of hydrogen-bond acceptors (Lipinski definition) is 6. The second kappa shape index (κ2) is 15.0. The molecule has 0 spiro atoms. The Labute approximate surface area is 151 Å². The summed E-state index contributed by atoms with van der Waals surface area (Å²) in [4.78, 5) is 7.18. The molecule has 0 radical (unpaired) electrons. The monoisotopic (exact) mass is 344 g/mol. The van der Waals surface area contributed by atoms with Crippen molar-refractivity contribution in [3.63, 3.8) is 0 Å². The second-order valence-electron chi connectivity index (χ2n) is 6.52. The molecule has 2 atom stereocenters. The summed E-state index contributed by atoms with van der Waals surface area (Å²) >= 11 is 0. The first kappa shape index (κ1) is 23.8. The first-order chi connectivity index (χ1) is 11.5. The van der Waals surface area contributed by atoms with Crippen LogP contribution in [0.15, 0.2) is 0 Å². The predicted octanol–water partition coefficient (Wildman–Crippen LogP) is 0.802. The zero-order valence-electron chi connectivity index (χ0n) is 17.1. The molecule has 0 rings (SSSR count). The van der Waals surface area contributed by atoms with E-state index in [1.165, 1.54) is 0 Å². The standard InChI is InChI=1S/C18H44N6/c1-7-23(8-2)16-15-21-17(22(5)6)12-14-20-18(11-13-19)24(9-3)10-4/h17-18,20-21H,7-16,19H2,1-6H3. The SMILES string of the molecule is CCN(CC)CCNC(CCNC(CCN)N(CC)CC)N(C)C. The minimum atomic E-state index is 0.392. The first-order valence-electron chi connectivity index (χ1n) is 9.83. The van der Waals surface area contributed by atoms with Crippen LogP contribution in [0.5, 0.6) is 0 Å². The summed E-state index contributed by atoms with van der Waals surface area (Å²) in [5.74, 6) is 0. The number of nitrogens with two attached hydrogens (primary N) is 1. The van der Waals surface area contributed by atoms with E-state index in [1.807, 2.05) is 0 Å². The Bertz CT molecular complexity index is 266. The normalized spacial score (nSPS) is 14.8. The lowest BCUT2D eigenvalue weighted by Gasteiger charge is -2.32. The van der Waals surface area contributed by atoms with Crippen molar-refractivity contribution in [1.82, 2.24) is 25.3 Å². The van der Waals surface area contributed by atoms with Crippen LogP contribution in [0.1, 0.15) is 40.5 Å². The van der Waals surface area contributed by atoms with E-state index in [2.05, 4.69) is 67.1 Å². The van der Waals surface area contributed by atoms with Gasteiger partial charge in [-0.1, -0.05) is 27.7 Å². The largest absolute Gasteiger partial charge is 0.330 e. The molecule has 0 amide bonds. The zero-order chi connectivity index (χ0) is 18.4. The molecule has 0 aromatic carbocycles. The quantitative estimate of drug-likeness (QED) is 0.360. The van der Waals surface area contributed by atoms with Gasteiger partial charge in [0.25, 0.3) is 0 Å². The average Bonchev–Trinajstić information content (AvgIpc) is 2.57. The molecule has 4 N–H and O–H groups in total. The Morgan fingerprint density at radius 2 is 1.38 bits per heavy atom. The van der Waals surface area contributed by atoms with Crippen LogP contribution in [-0.4, -0.2) is 93.5 Å². The van der Waals surface area contributed by atoms with Gasteiger partial charge in [-0.3, -0.25) is 9.80 Å². The van der Waals surface area contributed by atoms with Crippen LogP contribution >= 0.6 is 0 Å². The third kappa shape index (κ3) is 9.91. The van der Waals surface area contributed by atoms with Crippen molar-refractivity contribution in [2.45, 2.75) is 52.9 Å². The molecule has 6 heteroatoms. The maximum Gasteiger partial charge on any atom is 0.0609 e. The zero-order valence-corrected chi connectivity index (χ0v) is 17.1. The van der Waals surface area contributed by atoms with Gasteiger partial charge in [-0.2, -0.15) is 0 Å². The fourth-order valence-corrected chi connectivity index (χ4v) is 3.09. The average molecular weight is 345 g/mol. The molecule has 6 nitrogen and oxygen atoms in total. The van der Waals surface area contributed by atoms with Crippen LogP contribution in [0, 0.1) is 0 Å². The van der Waals surface area contributed by atoms with Gasteiger partial charge in [-0.15, -0.1) is 0 Å². The fraction of sp³-hybridized carbons (Fsp3) is 1.00. The van der Waals surface area contributed by atoms with Gasteiger partial charge < -0.3 is 21.3 Å². The predicted molar refractivity (Wildman–Crippen MR) is 106 cm³/mol. The molecule has 0 heterocycles. The smallest absolute Gasteiger partial charge is 0.0609 e. The van der Waals surface area contributed by atoms with Gasteiger partial charge in [-0.25, -0.2) is 0 Å². The van der Waals surface area contributed by atoms with Crippen LogP contribution in [0.4, 0.5) is 0 Å². The molecule has 0 aromatic rings. The Morgan fingerprint density at radius 1 is 0.792 bits per heavy atom. The summed E-state index contributed by atoms with van der Waals surface area (Å²) in [5, 5.41) is 7.39. The van der Waals surface area contributed by atoms with Crippen molar-refractivity contribution < 1.29 is 0 Å². The maximum atomic E-state index is 5.78. The molecule has 146 valence electrons. The number of nitrogens with one attached hydrogen (secondary N) is 2. The Kier molecular flexibility index (Phi) is 14.9. The van der Waals surface area contributed by atoms with Crippen molar-refractivity contribution in [1.29, 1.82) is 0 Å². The highest BCUT2D eigenvalue weighted by Gasteiger charge is 2.16. The van der Waals surface area contributed by atoms with E-state index in [9.17, 15) is 0 Å². The van der Waals surface area contributed by atoms with E-state index in [0.717, 1.165) is 65.2 Å². The molecule has 0 aliphatic carbocycles. The summed E-state index contributed by atoms with van der Waals surface area (Å²) in [5.41, 5.74) is 5.78. The summed E-state index contributed by atoms with van der Waals surface area (Å²) in [7, 11) is 4.30. The minimum Gasteiger partial charge on any atom is -0.330 e. The second-order valence-corrected chi connectivity index (χ2v) is 6.52. The number of rotatable bonds is 16. The Morgan fingerprint density at radius 3 is 1.83 bits per heavy atom. The van der Waals surface area contributed by atoms with Gasteiger partial charge in [0.15, 0.2) is 0 Å². The van der Waals surface area contributed by atoms with Crippen molar-refractivity contribution >= 4 is 0 Å². The molecule has 0 aromatic heterocycles. The summed E-state index contributed by atoms with van der Waals surface area (Å²) in [6.07, 6.45) is 2.89. The van der Waals surface area contributed by atoms with E-state index >= 15 is 0 Å². The highest BCUT2D eigenvalue weighted by Crippen LogP contribution is 2.02. The summed E-state index contributed by atoms with van der Waals surface area (Å²) in [6.45, 7) is 17.1. The van der Waals surface area contributed by atoms with E-state index in [4.69, 9.17) is 5.73 Å². The first-order valence-corrected chi connectivity index (χ1v) is 9.83. The molecule has 2 unspecified atom stereocenters. The lowest BCUT2D eigenvalue weighted by molar-refractivity contribution is 0.162. The Hall–Kier alpha value is -0.240. The molecule has 0 fully saturated rings. The third-order valence-electron chi connectivity index (χ3n) is 4.82. The molecule has 0 saturated heterocycles. The molecule has 0 saturated carbocycles. The summed E-state index contributed by atoms with van der Waals surface area (Å²) in [6, 6.07) is 0. The summed E-state index contributed by atoms with van der Waals surface area (Å²) < 4.78 is 0. The van der Waals surface area contributed by atoms with Crippen molar-refractivity contribution in [3.8, 4) is 0 Å². The molecule has 0 bridgehead atoms. The molecule has 0 aliphatic heterocycles. The van der Waals surface area contributed by atoms with Gasteiger partial charge in [0, 0.05) is 13.1 Å². The third-order valence-corrected chi connectivity index (χ3v) is 4.82. The van der Waals surface area contributed by atoms with Gasteiger partial charge in [-0.05, 0) is 66.2 Å². The molecular formula is C18H44N6. The van der Waals surface area contributed by atoms with E-state index < -0.39 is 0 Å². The molecule has 0 aliphatic rings. The Balaban J connectivity index is 4.26. The van der Waals surface area contributed by atoms with Crippen LogP contribution < -0.4 is 16.4 Å². The maximum absolute atomic E-state index is 5.78. The van der Waals surface area contributed by atoms with Gasteiger partial charge in [0.2, 0.25) is 0 Å². The van der Waals surface area contributed by atoms with Crippen molar-refractivity contribution in [2.24, 2.45) is 5.73 Å². The lowest BCUT2D eigenvalue weighted by atomic mass is 10.2. The van der Waals surface area contributed by atoms with Crippen LogP contribution in [0.25, 0.3) is 0 Å². The van der Waals surface area contributed by atoms with Crippen LogP contribution in [-0.2, 0) is 0 Å². The van der Waals surface area contributed by atoms with Gasteiger partial charge in [0.05, 0.1) is 12.3 Å². The topological polar surface area (TPSA) is 59.8 Å². The van der Waals surface area contributed by atoms with Crippen LogP contribution in [0.3, 0.4) is 0 Å². The minimum absolute atomic E-state index is 0.392. The van der Waals surface area contributed by atoms with E-state index in [0.29, 0.717) is 12.3 Å². The van der Waals surface area contributed by atoms with Crippen LogP contribution in [0.2, 0.25) is 0 Å². The number of hydrogen-bond donors (Lipinski definition) is 3. The molecular weight excluding hydrogens is 300 g/mol. The lowest BCUT2D eigenvalue weighted by Crippen LogP contribution is -2.50. The highest BCUT2D eigenvalue weighted by molar-refractivity contribution is 4.72. The van der Waals surface area contributed by atoms with Gasteiger partial charge >= 0.3 is 0 Å². The van der Waals surface area contributed by atoms with E-state index in [-0.39, 0.29) is 0 Å². The highest BCUT2D eigenvalue weighted by atomic mass is 15.3.